The lowest BCUT2D eigenvalue weighted by molar-refractivity contribution is -0.131. The Hall–Kier alpha value is -1.45. The number of sulfonamides is 1. The smallest absolute Gasteiger partial charge is 0.323 e. The van der Waals surface area contributed by atoms with Gasteiger partial charge in [-0.15, -0.1) is 11.3 Å². The number of nitrogens with zero attached hydrogens (tertiary/aromatic N) is 1. The molecular weight excluding hydrogens is 362 g/mol. The highest BCUT2D eigenvalue weighted by molar-refractivity contribution is 7.89. The summed E-state index contributed by atoms with van der Waals surface area (Å²) in [5.74, 6) is -0.165. The summed E-state index contributed by atoms with van der Waals surface area (Å²) in [5, 5.41) is 2.82. The van der Waals surface area contributed by atoms with Gasteiger partial charge in [0.25, 0.3) is 5.91 Å². The van der Waals surface area contributed by atoms with E-state index in [0.717, 1.165) is 22.6 Å². The minimum atomic E-state index is -3.56. The first kappa shape index (κ1) is 18.3. The number of thiophene rings is 1. The number of hydrogen-bond donors (Lipinski definition) is 2. The quantitative estimate of drug-likeness (QED) is 0.577. The van der Waals surface area contributed by atoms with E-state index in [2.05, 4.69) is 10.0 Å². The second kappa shape index (κ2) is 6.69. The van der Waals surface area contributed by atoms with Crippen LogP contribution in [0.2, 0.25) is 0 Å². The summed E-state index contributed by atoms with van der Waals surface area (Å²) in [6.07, 6.45) is 3.66. The van der Waals surface area contributed by atoms with Crippen LogP contribution < -0.4 is 10.0 Å². The van der Waals surface area contributed by atoms with Gasteiger partial charge in [0.2, 0.25) is 10.0 Å². The third-order valence-corrected chi connectivity index (χ3v) is 7.52. The number of carbonyl (C=O) groups is 2. The van der Waals surface area contributed by atoms with Crippen LogP contribution in [-0.2, 0) is 14.8 Å². The zero-order valence-corrected chi connectivity index (χ0v) is 16.1. The van der Waals surface area contributed by atoms with Crippen molar-refractivity contribution in [1.82, 2.24) is 14.9 Å². The van der Waals surface area contributed by atoms with Crippen LogP contribution in [0.25, 0.3) is 0 Å². The van der Waals surface area contributed by atoms with Crippen LogP contribution in [0.4, 0.5) is 4.79 Å². The average molecular weight is 386 g/mol. The largest absolute Gasteiger partial charge is 0.325 e. The fourth-order valence-corrected chi connectivity index (χ4v) is 6.22. The Bertz CT molecular complexity index is 794. The number of rotatable bonds is 6. The molecule has 1 aromatic heterocycles. The summed E-state index contributed by atoms with van der Waals surface area (Å²) >= 11 is 1.44. The van der Waals surface area contributed by atoms with Gasteiger partial charge in [-0.1, -0.05) is 12.8 Å². The van der Waals surface area contributed by atoms with Gasteiger partial charge in [-0.25, -0.2) is 17.9 Å². The van der Waals surface area contributed by atoms with Crippen molar-refractivity contribution in [2.75, 3.05) is 13.1 Å². The molecule has 1 aliphatic carbocycles. The van der Waals surface area contributed by atoms with Gasteiger partial charge in [0.05, 0.1) is 4.90 Å². The molecule has 0 aromatic carbocycles. The number of hydrogen-bond acceptors (Lipinski definition) is 5. The molecule has 1 aliphatic heterocycles. The molecule has 9 heteroatoms. The minimum absolute atomic E-state index is 0.165. The zero-order valence-electron chi connectivity index (χ0n) is 14.4. The Morgan fingerprint density at radius 1 is 1.28 bits per heavy atom. The van der Waals surface area contributed by atoms with E-state index >= 15 is 0 Å². The zero-order chi connectivity index (χ0) is 18.2. The maximum atomic E-state index is 12.5. The highest BCUT2D eigenvalue weighted by Crippen LogP contribution is 2.35. The second-order valence-corrected chi connectivity index (χ2v) is 9.90. The lowest BCUT2D eigenvalue weighted by Crippen LogP contribution is -2.44. The number of nitrogens with one attached hydrogen (secondary N) is 2. The molecule has 1 saturated heterocycles. The van der Waals surface area contributed by atoms with E-state index in [0.29, 0.717) is 24.2 Å². The first-order valence-electron chi connectivity index (χ1n) is 8.46. The first-order valence-corrected chi connectivity index (χ1v) is 10.8. The van der Waals surface area contributed by atoms with Crippen molar-refractivity contribution in [1.29, 1.82) is 0 Å². The summed E-state index contributed by atoms with van der Waals surface area (Å²) in [6, 6.07) is 1.29. The lowest BCUT2D eigenvalue weighted by atomic mass is 9.98. The maximum Gasteiger partial charge on any atom is 0.325 e. The van der Waals surface area contributed by atoms with Crippen molar-refractivity contribution in [2.24, 2.45) is 0 Å². The average Bonchev–Trinajstić information content (AvgIpc) is 3.19. The SMILES string of the molecule is Cc1cc(S(=O)(=O)NCCCN2C(=O)NC3(CCCC3)C2=O)c(C)s1. The number of urea groups is 1. The Balaban J connectivity index is 1.54. The number of amides is 3. The van der Waals surface area contributed by atoms with Crippen molar-refractivity contribution in [3.05, 3.63) is 15.8 Å². The lowest BCUT2D eigenvalue weighted by Gasteiger charge is -2.20. The molecule has 0 radical (unpaired) electrons. The molecule has 3 rings (SSSR count). The molecular formula is C16H23N3O4S2. The van der Waals surface area contributed by atoms with Crippen molar-refractivity contribution < 1.29 is 18.0 Å². The van der Waals surface area contributed by atoms with Crippen LogP contribution in [0, 0.1) is 13.8 Å². The summed E-state index contributed by atoms with van der Waals surface area (Å²) in [7, 11) is -3.56. The van der Waals surface area contributed by atoms with E-state index in [-0.39, 0.29) is 25.0 Å². The molecule has 2 fully saturated rings. The molecule has 25 heavy (non-hydrogen) atoms. The molecule has 0 bridgehead atoms. The van der Waals surface area contributed by atoms with Crippen molar-refractivity contribution in [2.45, 2.75) is 56.4 Å². The Morgan fingerprint density at radius 3 is 2.56 bits per heavy atom. The molecule has 1 spiro atoms. The summed E-state index contributed by atoms with van der Waals surface area (Å²) in [4.78, 5) is 27.8. The van der Waals surface area contributed by atoms with E-state index in [4.69, 9.17) is 0 Å². The van der Waals surface area contributed by atoms with Gasteiger partial charge in [-0.2, -0.15) is 0 Å². The number of imide groups is 1. The highest BCUT2D eigenvalue weighted by atomic mass is 32.2. The molecule has 2 aliphatic rings. The normalized spacial score (nSPS) is 19.8. The van der Waals surface area contributed by atoms with Gasteiger partial charge in [0, 0.05) is 22.8 Å². The van der Waals surface area contributed by atoms with Crippen LogP contribution in [0.3, 0.4) is 0 Å². The Labute approximate surface area is 151 Å². The minimum Gasteiger partial charge on any atom is -0.323 e. The Morgan fingerprint density at radius 2 is 1.96 bits per heavy atom. The van der Waals surface area contributed by atoms with Crippen LogP contribution in [0.15, 0.2) is 11.0 Å². The van der Waals surface area contributed by atoms with E-state index in [1.807, 2.05) is 6.92 Å². The molecule has 1 saturated carbocycles. The first-order chi connectivity index (χ1) is 11.8. The third-order valence-electron chi connectivity index (χ3n) is 4.84. The van der Waals surface area contributed by atoms with Gasteiger partial charge in [-0.3, -0.25) is 9.69 Å². The van der Waals surface area contributed by atoms with E-state index in [1.54, 1.807) is 13.0 Å². The molecule has 7 nitrogen and oxygen atoms in total. The second-order valence-electron chi connectivity index (χ2n) is 6.70. The standard InChI is InChI=1S/C16H23N3O4S2/c1-11-10-13(12(2)24-11)25(22,23)17-8-5-9-19-14(20)16(18-15(19)21)6-3-4-7-16/h10,17H,3-9H2,1-2H3,(H,18,21). The molecule has 0 atom stereocenters. The molecule has 138 valence electrons. The highest BCUT2D eigenvalue weighted by Gasteiger charge is 2.51. The van der Waals surface area contributed by atoms with Gasteiger partial charge < -0.3 is 5.32 Å². The predicted octanol–water partition coefficient (Wildman–Crippen LogP) is 1.90. The monoisotopic (exact) mass is 385 g/mol. The van der Waals surface area contributed by atoms with Crippen LogP contribution in [-0.4, -0.2) is 43.9 Å². The van der Waals surface area contributed by atoms with E-state index in [1.165, 1.54) is 16.2 Å². The summed E-state index contributed by atoms with van der Waals surface area (Å²) < 4.78 is 27.2. The number of aryl methyl sites for hydroxylation is 2. The maximum absolute atomic E-state index is 12.5. The third kappa shape index (κ3) is 3.45. The topological polar surface area (TPSA) is 95.6 Å². The van der Waals surface area contributed by atoms with Crippen molar-refractivity contribution in [3.63, 3.8) is 0 Å². The van der Waals surface area contributed by atoms with Gasteiger partial charge in [0.15, 0.2) is 0 Å². The van der Waals surface area contributed by atoms with Crippen molar-refractivity contribution in [3.8, 4) is 0 Å². The predicted molar refractivity (Wildman–Crippen MR) is 95.0 cm³/mol. The molecule has 3 amide bonds. The molecule has 1 aromatic rings. The molecule has 0 unspecified atom stereocenters. The Kier molecular flexibility index (Phi) is 4.91. The molecule has 2 heterocycles. The van der Waals surface area contributed by atoms with Crippen LogP contribution >= 0.6 is 11.3 Å². The van der Waals surface area contributed by atoms with Crippen molar-refractivity contribution >= 4 is 33.3 Å². The van der Waals surface area contributed by atoms with Gasteiger partial charge >= 0.3 is 6.03 Å². The van der Waals surface area contributed by atoms with E-state index < -0.39 is 15.6 Å². The number of carbonyl (C=O) groups excluding carboxylic acids is 2. The fraction of sp³-hybridized carbons (Fsp3) is 0.625. The fourth-order valence-electron chi connectivity index (χ4n) is 3.59. The van der Waals surface area contributed by atoms with Crippen LogP contribution in [0.1, 0.15) is 41.9 Å². The van der Waals surface area contributed by atoms with Gasteiger partial charge in [-0.05, 0) is 39.2 Å². The summed E-state index contributed by atoms with van der Waals surface area (Å²) in [6.45, 7) is 4.05. The van der Waals surface area contributed by atoms with Crippen LogP contribution in [0.5, 0.6) is 0 Å². The van der Waals surface area contributed by atoms with E-state index in [9.17, 15) is 18.0 Å². The molecule has 2 N–H and O–H groups in total. The van der Waals surface area contributed by atoms with Gasteiger partial charge in [0.1, 0.15) is 5.54 Å². The summed E-state index contributed by atoms with van der Waals surface area (Å²) in [5.41, 5.74) is -0.706.